The molecule has 0 heterocycles. The number of amides is 1. The third kappa shape index (κ3) is 29.1. The number of carbonyl (C=O) groups excluding carboxylic acids is 1. The van der Waals surface area contributed by atoms with Crippen LogP contribution in [0.25, 0.3) is 0 Å². The van der Waals surface area contributed by atoms with E-state index in [2.05, 4.69) is 79.9 Å². The van der Waals surface area contributed by atoms with E-state index in [4.69, 9.17) is 0 Å². The van der Waals surface area contributed by atoms with Gasteiger partial charge in [0.1, 0.15) is 0 Å². The van der Waals surface area contributed by atoms with Crippen molar-refractivity contribution in [3.63, 3.8) is 0 Å². The molecular weight excluding hydrogens is 506 g/mol. The molecule has 4 nitrogen and oxygen atoms in total. The Hall–Kier alpha value is -2.17. The minimum absolute atomic E-state index is 0.0984. The van der Waals surface area contributed by atoms with E-state index in [1.165, 1.54) is 44.9 Å². The molecule has 0 saturated carbocycles. The maximum Gasteiger partial charge on any atom is 0.220 e. The Morgan fingerprint density at radius 1 is 0.610 bits per heavy atom. The highest BCUT2D eigenvalue weighted by Crippen LogP contribution is 2.10. The van der Waals surface area contributed by atoms with Crippen LogP contribution in [-0.2, 0) is 4.79 Å². The Labute approximate surface area is 253 Å². The van der Waals surface area contributed by atoms with E-state index in [1.807, 2.05) is 6.08 Å². The van der Waals surface area contributed by atoms with Crippen LogP contribution in [0.2, 0.25) is 0 Å². The van der Waals surface area contributed by atoms with Gasteiger partial charge in [-0.05, 0) is 77.0 Å². The minimum Gasteiger partial charge on any atom is -0.394 e. The van der Waals surface area contributed by atoms with Gasteiger partial charge in [-0.3, -0.25) is 4.79 Å². The lowest BCUT2D eigenvalue weighted by atomic mass is 10.1. The SMILES string of the molecule is CC/C=C/CC/C=C/CC/C=C/C(O)C(CO)NC(=O)CCCCCCCC/C=C\C/C=C\C/C=C\CCCCC. The molecule has 2 atom stereocenters. The zero-order valence-electron chi connectivity index (χ0n) is 26.5. The maximum absolute atomic E-state index is 12.3. The topological polar surface area (TPSA) is 69.6 Å². The molecule has 0 aromatic carbocycles. The summed E-state index contributed by atoms with van der Waals surface area (Å²) in [4.78, 5) is 12.3. The molecular formula is C37H63NO3. The van der Waals surface area contributed by atoms with E-state index in [-0.39, 0.29) is 12.5 Å². The zero-order valence-corrected chi connectivity index (χ0v) is 26.5. The van der Waals surface area contributed by atoms with Gasteiger partial charge in [-0.1, -0.05) is 125 Å². The molecule has 2 unspecified atom stereocenters. The van der Waals surface area contributed by atoms with E-state index in [0.29, 0.717) is 6.42 Å². The Morgan fingerprint density at radius 2 is 1.10 bits per heavy atom. The fourth-order valence-corrected chi connectivity index (χ4v) is 4.34. The quantitative estimate of drug-likeness (QED) is 0.0649. The Bertz CT molecular complexity index is 747. The zero-order chi connectivity index (χ0) is 30.1. The van der Waals surface area contributed by atoms with Crippen molar-refractivity contribution < 1.29 is 15.0 Å². The molecule has 0 aliphatic heterocycles. The molecule has 0 aliphatic rings. The number of nitrogens with one attached hydrogen (secondary N) is 1. The van der Waals surface area contributed by atoms with Crippen molar-refractivity contribution in [1.29, 1.82) is 0 Å². The second-order valence-electron chi connectivity index (χ2n) is 10.8. The molecule has 1 amide bonds. The van der Waals surface area contributed by atoms with Crippen LogP contribution in [0.4, 0.5) is 0 Å². The van der Waals surface area contributed by atoms with E-state index in [0.717, 1.165) is 70.6 Å². The predicted molar refractivity (Wildman–Crippen MR) is 179 cm³/mol. The molecule has 234 valence electrons. The number of allylic oxidation sites excluding steroid dienone is 11. The summed E-state index contributed by atoms with van der Waals surface area (Å²) in [5, 5.41) is 22.7. The van der Waals surface area contributed by atoms with E-state index >= 15 is 0 Å². The van der Waals surface area contributed by atoms with E-state index < -0.39 is 12.1 Å². The smallest absolute Gasteiger partial charge is 0.220 e. The average molecular weight is 570 g/mol. The summed E-state index contributed by atoms with van der Waals surface area (Å²) >= 11 is 0. The molecule has 0 saturated heterocycles. The average Bonchev–Trinajstić information content (AvgIpc) is 2.97. The van der Waals surface area contributed by atoms with Gasteiger partial charge < -0.3 is 15.5 Å². The van der Waals surface area contributed by atoms with Crippen LogP contribution >= 0.6 is 0 Å². The first kappa shape index (κ1) is 38.8. The van der Waals surface area contributed by atoms with Crippen LogP contribution in [0.1, 0.15) is 136 Å². The Morgan fingerprint density at radius 3 is 1.68 bits per heavy atom. The van der Waals surface area contributed by atoms with Crippen LogP contribution in [0.15, 0.2) is 72.9 Å². The third-order valence-corrected chi connectivity index (χ3v) is 6.90. The van der Waals surface area contributed by atoms with Gasteiger partial charge in [-0.25, -0.2) is 0 Å². The molecule has 0 rings (SSSR count). The number of hydrogen-bond donors (Lipinski definition) is 3. The van der Waals surface area contributed by atoms with Crippen LogP contribution < -0.4 is 5.32 Å². The summed E-state index contributed by atoms with van der Waals surface area (Å²) in [6.45, 7) is 4.11. The van der Waals surface area contributed by atoms with Crippen molar-refractivity contribution >= 4 is 5.91 Å². The number of hydrogen-bond acceptors (Lipinski definition) is 3. The molecule has 3 N–H and O–H groups in total. The highest BCUT2D eigenvalue weighted by atomic mass is 16.3. The molecule has 0 radical (unpaired) electrons. The van der Waals surface area contributed by atoms with Crippen molar-refractivity contribution in [2.75, 3.05) is 6.61 Å². The first-order valence-electron chi connectivity index (χ1n) is 16.7. The minimum atomic E-state index is -0.876. The first-order valence-corrected chi connectivity index (χ1v) is 16.7. The second-order valence-corrected chi connectivity index (χ2v) is 10.8. The van der Waals surface area contributed by atoms with Crippen LogP contribution in [0.3, 0.4) is 0 Å². The highest BCUT2D eigenvalue weighted by Gasteiger charge is 2.17. The lowest BCUT2D eigenvalue weighted by Crippen LogP contribution is -2.45. The summed E-state index contributed by atoms with van der Waals surface area (Å²) < 4.78 is 0. The predicted octanol–water partition coefficient (Wildman–Crippen LogP) is 9.61. The molecule has 0 fully saturated rings. The monoisotopic (exact) mass is 569 g/mol. The fourth-order valence-electron chi connectivity index (χ4n) is 4.34. The normalized spacial score (nSPS) is 14.1. The third-order valence-electron chi connectivity index (χ3n) is 6.90. The highest BCUT2D eigenvalue weighted by molar-refractivity contribution is 5.76. The van der Waals surface area contributed by atoms with Gasteiger partial charge in [0.25, 0.3) is 0 Å². The summed E-state index contributed by atoms with van der Waals surface area (Å²) in [6, 6.07) is -0.652. The summed E-state index contributed by atoms with van der Waals surface area (Å²) in [7, 11) is 0. The Balaban J connectivity index is 3.74. The standard InChI is InChI=1S/C37H63NO3/c1-3-5-7-9-11-13-15-16-17-18-19-20-21-22-23-25-27-29-31-33-37(41)38-35(34-39)36(40)32-30-28-26-24-14-12-10-8-6-4-2/h6,8,11,13-14,16-17,19-20,24,30,32,35-36,39-40H,3-5,7,9-10,12,15,18,21-23,25-29,31,33-34H2,1-2H3,(H,38,41)/b8-6+,13-11-,17-16-,20-19-,24-14+,32-30+. The molecule has 41 heavy (non-hydrogen) atoms. The molecule has 4 heteroatoms. The van der Waals surface area contributed by atoms with E-state index in [1.54, 1.807) is 6.08 Å². The lowest BCUT2D eigenvalue weighted by Gasteiger charge is -2.19. The lowest BCUT2D eigenvalue weighted by molar-refractivity contribution is -0.123. The first-order chi connectivity index (χ1) is 20.2. The number of aliphatic hydroxyl groups excluding tert-OH is 2. The summed E-state index contributed by atoms with van der Waals surface area (Å²) in [5.41, 5.74) is 0. The van der Waals surface area contributed by atoms with Gasteiger partial charge in [0, 0.05) is 6.42 Å². The van der Waals surface area contributed by atoms with Gasteiger partial charge in [0.05, 0.1) is 18.8 Å². The van der Waals surface area contributed by atoms with Crippen molar-refractivity contribution in [1.82, 2.24) is 5.32 Å². The molecule has 0 aromatic heterocycles. The van der Waals surface area contributed by atoms with Gasteiger partial charge in [0.15, 0.2) is 0 Å². The maximum atomic E-state index is 12.3. The van der Waals surface area contributed by atoms with Gasteiger partial charge >= 0.3 is 0 Å². The fraction of sp³-hybridized carbons (Fsp3) is 0.649. The van der Waals surface area contributed by atoms with Crippen molar-refractivity contribution in [3.8, 4) is 0 Å². The van der Waals surface area contributed by atoms with Crippen molar-refractivity contribution in [3.05, 3.63) is 72.9 Å². The number of aliphatic hydroxyl groups is 2. The van der Waals surface area contributed by atoms with Gasteiger partial charge in [-0.15, -0.1) is 0 Å². The Kier molecular flexibility index (Phi) is 30.6. The summed E-state index contributed by atoms with van der Waals surface area (Å²) in [5.74, 6) is -0.0984. The number of unbranched alkanes of at least 4 members (excludes halogenated alkanes) is 11. The van der Waals surface area contributed by atoms with Crippen LogP contribution in [0.5, 0.6) is 0 Å². The van der Waals surface area contributed by atoms with E-state index in [9.17, 15) is 15.0 Å². The molecule has 0 spiro atoms. The van der Waals surface area contributed by atoms with Crippen molar-refractivity contribution in [2.24, 2.45) is 0 Å². The number of carbonyl (C=O) groups is 1. The van der Waals surface area contributed by atoms with Crippen molar-refractivity contribution in [2.45, 2.75) is 148 Å². The van der Waals surface area contributed by atoms with Gasteiger partial charge in [-0.2, -0.15) is 0 Å². The van der Waals surface area contributed by atoms with Crippen LogP contribution in [0, 0.1) is 0 Å². The number of rotatable bonds is 28. The molecule has 0 aliphatic carbocycles. The second kappa shape index (κ2) is 32.3. The molecule has 0 aromatic rings. The largest absolute Gasteiger partial charge is 0.394 e. The summed E-state index contributed by atoms with van der Waals surface area (Å²) in [6.07, 6.45) is 45.5. The van der Waals surface area contributed by atoms with Crippen LogP contribution in [-0.4, -0.2) is 34.9 Å². The molecule has 0 bridgehead atoms. The van der Waals surface area contributed by atoms with Gasteiger partial charge in [0.2, 0.25) is 5.91 Å².